The highest BCUT2D eigenvalue weighted by Crippen LogP contribution is 2.27. The predicted molar refractivity (Wildman–Crippen MR) is 60.1 cm³/mol. The maximum absolute atomic E-state index is 5.50. The quantitative estimate of drug-likeness (QED) is 0.784. The van der Waals surface area contributed by atoms with E-state index in [0.29, 0.717) is 6.54 Å². The first-order valence-electron chi connectivity index (χ1n) is 4.73. The number of methoxy groups -OCH3 is 1. The molecule has 1 rings (SSSR count). The topological polar surface area (TPSA) is 38.5 Å². The summed E-state index contributed by atoms with van der Waals surface area (Å²) in [6.45, 7) is 0.671. The van der Waals surface area contributed by atoms with Gasteiger partial charge in [-0.3, -0.25) is 0 Å². The fraction of sp³-hybridized carbons (Fsp3) is 0.455. The van der Waals surface area contributed by atoms with Crippen molar-refractivity contribution in [2.24, 2.45) is 5.73 Å². The molecule has 0 fully saturated rings. The average Bonchev–Trinajstić information content (AvgIpc) is 2.17. The molecular formula is C11H18N2O. The van der Waals surface area contributed by atoms with E-state index in [4.69, 9.17) is 10.5 Å². The molecule has 0 amide bonds. The van der Waals surface area contributed by atoms with Gasteiger partial charge in [0.2, 0.25) is 0 Å². The zero-order valence-corrected chi connectivity index (χ0v) is 9.08. The second kappa shape index (κ2) is 4.86. The molecule has 14 heavy (non-hydrogen) atoms. The number of nitrogens with two attached hydrogens (primary N) is 1. The number of ether oxygens (including phenoxy) is 1. The first-order chi connectivity index (χ1) is 6.69. The van der Waals surface area contributed by atoms with Crippen LogP contribution in [0, 0.1) is 0 Å². The summed E-state index contributed by atoms with van der Waals surface area (Å²) >= 11 is 0. The lowest BCUT2D eigenvalue weighted by atomic mass is 10.1. The van der Waals surface area contributed by atoms with Gasteiger partial charge in [0.25, 0.3) is 0 Å². The van der Waals surface area contributed by atoms with E-state index in [1.165, 1.54) is 5.56 Å². The molecule has 3 nitrogen and oxygen atoms in total. The molecule has 0 saturated carbocycles. The molecule has 2 N–H and O–H groups in total. The summed E-state index contributed by atoms with van der Waals surface area (Å²) in [5.74, 6) is 0.904. The lowest BCUT2D eigenvalue weighted by Crippen LogP contribution is -2.10. The van der Waals surface area contributed by atoms with Gasteiger partial charge in [0.15, 0.2) is 0 Å². The third-order valence-corrected chi connectivity index (χ3v) is 2.16. The van der Waals surface area contributed by atoms with E-state index in [9.17, 15) is 0 Å². The molecule has 0 radical (unpaired) electrons. The van der Waals surface area contributed by atoms with Crippen molar-refractivity contribution in [2.75, 3.05) is 32.6 Å². The molecule has 0 aromatic heterocycles. The minimum atomic E-state index is 0.671. The standard InChI is InChI=1S/C11H18N2O/c1-13(2)10-5-4-9(6-7-12)8-11(10)14-3/h4-5,8H,6-7,12H2,1-3H3. The van der Waals surface area contributed by atoms with E-state index < -0.39 is 0 Å². The Balaban J connectivity index is 2.99. The third kappa shape index (κ3) is 2.39. The van der Waals surface area contributed by atoms with Crippen LogP contribution in [0.1, 0.15) is 5.56 Å². The Morgan fingerprint density at radius 3 is 2.57 bits per heavy atom. The molecule has 0 aliphatic carbocycles. The first kappa shape index (κ1) is 10.9. The van der Waals surface area contributed by atoms with E-state index in [2.05, 4.69) is 12.1 Å². The summed E-state index contributed by atoms with van der Waals surface area (Å²) in [7, 11) is 5.69. The van der Waals surface area contributed by atoms with Crippen LogP contribution in [0.2, 0.25) is 0 Å². The van der Waals surface area contributed by atoms with Crippen molar-refractivity contribution in [3.05, 3.63) is 23.8 Å². The normalized spacial score (nSPS) is 10.0. The predicted octanol–water partition coefficient (Wildman–Crippen LogP) is 1.26. The van der Waals surface area contributed by atoms with Crippen LogP contribution in [0.25, 0.3) is 0 Å². The molecule has 0 bridgehead atoms. The van der Waals surface area contributed by atoms with Gasteiger partial charge in [-0.1, -0.05) is 6.07 Å². The fourth-order valence-corrected chi connectivity index (χ4v) is 1.41. The van der Waals surface area contributed by atoms with Crippen LogP contribution in [0.3, 0.4) is 0 Å². The first-order valence-corrected chi connectivity index (χ1v) is 4.73. The van der Waals surface area contributed by atoms with Gasteiger partial charge in [-0.05, 0) is 30.7 Å². The molecule has 0 spiro atoms. The maximum atomic E-state index is 5.50. The van der Waals surface area contributed by atoms with E-state index in [-0.39, 0.29) is 0 Å². The van der Waals surface area contributed by atoms with Gasteiger partial charge < -0.3 is 15.4 Å². The van der Waals surface area contributed by atoms with Gasteiger partial charge in [-0.25, -0.2) is 0 Å². The van der Waals surface area contributed by atoms with Crippen molar-refractivity contribution in [1.29, 1.82) is 0 Å². The lowest BCUT2D eigenvalue weighted by Gasteiger charge is -2.17. The van der Waals surface area contributed by atoms with Crippen molar-refractivity contribution < 1.29 is 4.74 Å². The number of hydrogen-bond acceptors (Lipinski definition) is 3. The van der Waals surface area contributed by atoms with E-state index in [1.807, 2.05) is 25.1 Å². The molecule has 3 heteroatoms. The smallest absolute Gasteiger partial charge is 0.142 e. The lowest BCUT2D eigenvalue weighted by molar-refractivity contribution is 0.415. The number of anilines is 1. The van der Waals surface area contributed by atoms with Crippen LogP contribution in [0.5, 0.6) is 5.75 Å². The largest absolute Gasteiger partial charge is 0.495 e. The van der Waals surface area contributed by atoms with Gasteiger partial charge in [0, 0.05) is 14.1 Å². The number of rotatable bonds is 4. The third-order valence-electron chi connectivity index (χ3n) is 2.16. The highest BCUT2D eigenvalue weighted by molar-refractivity contribution is 5.58. The Morgan fingerprint density at radius 2 is 2.07 bits per heavy atom. The number of hydrogen-bond donors (Lipinski definition) is 1. The Bertz CT molecular complexity index is 297. The van der Waals surface area contributed by atoms with E-state index in [1.54, 1.807) is 7.11 Å². The highest BCUT2D eigenvalue weighted by atomic mass is 16.5. The molecule has 0 heterocycles. The second-order valence-electron chi connectivity index (χ2n) is 3.44. The summed E-state index contributed by atoms with van der Waals surface area (Å²) in [6.07, 6.45) is 0.893. The van der Waals surface area contributed by atoms with E-state index in [0.717, 1.165) is 17.9 Å². The minimum Gasteiger partial charge on any atom is -0.495 e. The van der Waals surface area contributed by atoms with Crippen molar-refractivity contribution >= 4 is 5.69 Å². The van der Waals surface area contributed by atoms with Crippen molar-refractivity contribution in [3.8, 4) is 5.75 Å². The van der Waals surface area contributed by atoms with Gasteiger partial charge in [-0.2, -0.15) is 0 Å². The Morgan fingerprint density at radius 1 is 1.36 bits per heavy atom. The summed E-state index contributed by atoms with van der Waals surface area (Å²) in [4.78, 5) is 2.03. The zero-order chi connectivity index (χ0) is 10.6. The van der Waals surface area contributed by atoms with Gasteiger partial charge in [-0.15, -0.1) is 0 Å². The highest BCUT2D eigenvalue weighted by Gasteiger charge is 2.05. The molecule has 1 aromatic carbocycles. The monoisotopic (exact) mass is 194 g/mol. The molecule has 0 saturated heterocycles. The second-order valence-corrected chi connectivity index (χ2v) is 3.44. The SMILES string of the molecule is COc1cc(CCN)ccc1N(C)C. The van der Waals surface area contributed by atoms with Crippen LogP contribution in [-0.2, 0) is 6.42 Å². The van der Waals surface area contributed by atoms with Gasteiger partial charge in [0.05, 0.1) is 12.8 Å². The molecular weight excluding hydrogens is 176 g/mol. The average molecular weight is 194 g/mol. The Hall–Kier alpha value is -1.22. The Kier molecular flexibility index (Phi) is 3.77. The minimum absolute atomic E-state index is 0.671. The molecule has 0 aliphatic rings. The van der Waals surface area contributed by atoms with E-state index >= 15 is 0 Å². The molecule has 0 atom stereocenters. The van der Waals surface area contributed by atoms with Crippen molar-refractivity contribution in [2.45, 2.75) is 6.42 Å². The molecule has 78 valence electrons. The summed E-state index contributed by atoms with van der Waals surface area (Å²) in [5.41, 5.74) is 7.81. The summed E-state index contributed by atoms with van der Waals surface area (Å²) in [6, 6.07) is 6.19. The van der Waals surface area contributed by atoms with Gasteiger partial charge in [0.1, 0.15) is 5.75 Å². The van der Waals surface area contributed by atoms with Gasteiger partial charge >= 0.3 is 0 Å². The van der Waals surface area contributed by atoms with Crippen molar-refractivity contribution in [1.82, 2.24) is 0 Å². The number of nitrogens with zero attached hydrogens (tertiary/aromatic N) is 1. The summed E-state index contributed by atoms with van der Waals surface area (Å²) < 4.78 is 5.31. The molecule has 1 aromatic rings. The van der Waals surface area contributed by atoms with Crippen LogP contribution in [0.4, 0.5) is 5.69 Å². The Labute approximate surface area is 85.5 Å². The zero-order valence-electron chi connectivity index (χ0n) is 9.08. The summed E-state index contributed by atoms with van der Waals surface area (Å²) in [5, 5.41) is 0. The van der Waals surface area contributed by atoms with Crippen LogP contribution >= 0.6 is 0 Å². The van der Waals surface area contributed by atoms with Crippen LogP contribution in [0.15, 0.2) is 18.2 Å². The molecule has 0 aliphatic heterocycles. The molecule has 0 unspecified atom stereocenters. The van der Waals surface area contributed by atoms with Crippen LogP contribution in [-0.4, -0.2) is 27.7 Å². The van der Waals surface area contributed by atoms with Crippen molar-refractivity contribution in [3.63, 3.8) is 0 Å². The van der Waals surface area contributed by atoms with Crippen LogP contribution < -0.4 is 15.4 Å². The maximum Gasteiger partial charge on any atom is 0.142 e. The fourth-order valence-electron chi connectivity index (χ4n) is 1.41. The number of benzene rings is 1.